The Morgan fingerprint density at radius 3 is 2.41 bits per heavy atom. The zero-order chi connectivity index (χ0) is 39.6. The van der Waals surface area contributed by atoms with E-state index in [0.29, 0.717) is 22.9 Å². The minimum atomic E-state index is -0.782. The Morgan fingerprint density at radius 2 is 1.66 bits per heavy atom. The van der Waals surface area contributed by atoms with Crippen molar-refractivity contribution < 1.29 is 28.4 Å². The molecule has 1 unspecified atom stereocenters. The Morgan fingerprint density at radius 1 is 0.893 bits per heavy atom. The zero-order valence-electron chi connectivity index (χ0n) is 30.5. The van der Waals surface area contributed by atoms with Crippen LogP contribution in [0.3, 0.4) is 0 Å². The summed E-state index contributed by atoms with van der Waals surface area (Å²) in [6.45, 7) is 2.29. The lowest BCUT2D eigenvalue weighted by molar-refractivity contribution is -0.184. The third kappa shape index (κ3) is 9.15. The maximum absolute atomic E-state index is 13.9. The zero-order valence-corrected chi connectivity index (χ0v) is 30.5. The average Bonchev–Trinajstić information content (AvgIpc) is 3.69. The molecule has 3 aromatic carbocycles. The highest BCUT2D eigenvalue weighted by molar-refractivity contribution is 5.89. The van der Waals surface area contributed by atoms with Gasteiger partial charge in [-0.1, -0.05) is 77.5 Å². The van der Waals surface area contributed by atoms with Crippen molar-refractivity contribution in [3.63, 3.8) is 0 Å². The largest absolute Gasteiger partial charge is 0.508 e. The summed E-state index contributed by atoms with van der Waals surface area (Å²) in [4.78, 5) is 52.2. The van der Waals surface area contributed by atoms with E-state index >= 15 is 0 Å². The van der Waals surface area contributed by atoms with Gasteiger partial charge in [-0.2, -0.15) is 9.40 Å². The van der Waals surface area contributed by atoms with Gasteiger partial charge >= 0.3 is 6.03 Å². The van der Waals surface area contributed by atoms with Crippen molar-refractivity contribution in [2.24, 2.45) is 0 Å². The fraction of sp³-hybridized carbons (Fsp3) is 0.190. The molecule has 56 heavy (non-hydrogen) atoms. The van der Waals surface area contributed by atoms with Crippen LogP contribution in [0.5, 0.6) is 5.75 Å². The maximum Gasteiger partial charge on any atom is 0.334 e. The van der Waals surface area contributed by atoms with Gasteiger partial charge in [0.15, 0.2) is 5.76 Å². The predicted octanol–water partition coefficient (Wildman–Crippen LogP) is 5.51. The van der Waals surface area contributed by atoms with E-state index in [4.69, 9.17) is 9.63 Å². The molecule has 2 saturated heterocycles. The summed E-state index contributed by atoms with van der Waals surface area (Å²) in [5.41, 5.74) is 4.40. The maximum atomic E-state index is 13.9. The second-order valence-corrected chi connectivity index (χ2v) is 12.9. The Kier molecular flexibility index (Phi) is 12.3. The number of amides is 4. The van der Waals surface area contributed by atoms with Gasteiger partial charge in [-0.15, -0.1) is 12.8 Å². The van der Waals surface area contributed by atoms with Crippen LogP contribution in [0.2, 0.25) is 0 Å². The highest BCUT2D eigenvalue weighted by atomic mass is 19.1. The summed E-state index contributed by atoms with van der Waals surface area (Å²) < 4.78 is 19.3. The number of nitrogens with one attached hydrogen (secondary N) is 1. The monoisotopic (exact) mass is 754 g/mol. The van der Waals surface area contributed by atoms with E-state index in [-0.39, 0.29) is 51.1 Å². The number of hydrazine groups is 1. The fourth-order valence-corrected chi connectivity index (χ4v) is 6.42. The standard InChI is InChI=1S/C33H29FN8O4.C7H8O.C2H2/c34-29-13-5-12-27(37-29)28-15-24(46-38-28)18-40-20-32(44)41-21-31(43)39(17-23-9-4-11-26-25(23)10-6-14-35-26)19-30(41)42(40)33(45)36-16-22-7-2-1-3-8-22;1-6-2-4-7(8)5-3-6;1-2/h1-15,30H,16-21H2,(H,36,45);2-5,8H,1H3;1-2H. The number of benzene rings is 3. The van der Waals surface area contributed by atoms with Crippen LogP contribution in [0.1, 0.15) is 22.5 Å². The van der Waals surface area contributed by atoms with Crippen molar-refractivity contribution in [1.29, 1.82) is 0 Å². The number of phenols is 1. The van der Waals surface area contributed by atoms with Crippen molar-refractivity contribution in [1.82, 2.24) is 40.3 Å². The van der Waals surface area contributed by atoms with E-state index in [1.807, 2.05) is 79.7 Å². The number of urea groups is 1. The number of aryl methyl sites for hydroxylation is 1. The SMILES string of the molecule is C#C.Cc1ccc(O)cc1.O=C1CN2C(=O)CN(Cc3cc(-c4cccc(F)n4)no3)N(C(=O)NCc3ccccc3)C2CN1Cc1cccc2ncccc12. The van der Waals surface area contributed by atoms with Crippen LogP contribution >= 0.6 is 0 Å². The van der Waals surface area contributed by atoms with Crippen LogP contribution in [0.25, 0.3) is 22.3 Å². The number of nitrogens with zero attached hydrogens (tertiary/aromatic N) is 7. The quantitative estimate of drug-likeness (QED) is 0.159. The van der Waals surface area contributed by atoms with Crippen LogP contribution in [0.4, 0.5) is 9.18 Å². The smallest absolute Gasteiger partial charge is 0.334 e. The van der Waals surface area contributed by atoms with Crippen molar-refractivity contribution >= 4 is 28.7 Å². The van der Waals surface area contributed by atoms with E-state index in [1.54, 1.807) is 40.4 Å². The van der Waals surface area contributed by atoms with Gasteiger partial charge in [-0.25, -0.2) is 14.8 Å². The van der Waals surface area contributed by atoms with E-state index in [0.717, 1.165) is 22.0 Å². The van der Waals surface area contributed by atoms with Gasteiger partial charge in [-0.05, 0) is 54.4 Å². The van der Waals surface area contributed by atoms with Crippen molar-refractivity contribution in [2.75, 3.05) is 19.6 Å². The molecule has 0 radical (unpaired) electrons. The number of terminal acetylenes is 1. The van der Waals surface area contributed by atoms with Crippen LogP contribution in [0.15, 0.2) is 120 Å². The summed E-state index contributed by atoms with van der Waals surface area (Å²) in [5, 5.41) is 19.7. The molecule has 0 spiro atoms. The molecule has 2 aliphatic rings. The van der Waals surface area contributed by atoms with E-state index in [2.05, 4.69) is 33.3 Å². The van der Waals surface area contributed by atoms with Gasteiger partial charge in [0.25, 0.3) is 0 Å². The number of hydrogen-bond donors (Lipinski definition) is 2. The third-order valence-corrected chi connectivity index (χ3v) is 9.13. The molecule has 2 fully saturated rings. The predicted molar refractivity (Wildman–Crippen MR) is 206 cm³/mol. The molecular weight excluding hydrogens is 716 g/mol. The molecule has 6 aromatic rings. The molecule has 284 valence electrons. The van der Waals surface area contributed by atoms with Crippen LogP contribution in [-0.2, 0) is 29.2 Å². The van der Waals surface area contributed by atoms with Gasteiger partial charge in [0, 0.05) is 30.7 Å². The van der Waals surface area contributed by atoms with Gasteiger partial charge in [0.05, 0.1) is 30.8 Å². The van der Waals surface area contributed by atoms with E-state index < -0.39 is 18.1 Å². The highest BCUT2D eigenvalue weighted by Crippen LogP contribution is 2.27. The Balaban J connectivity index is 0.000000469. The van der Waals surface area contributed by atoms with E-state index in [1.165, 1.54) is 27.6 Å². The lowest BCUT2D eigenvalue weighted by atomic mass is 10.1. The number of pyridine rings is 2. The molecule has 0 aliphatic carbocycles. The molecule has 0 saturated carbocycles. The lowest BCUT2D eigenvalue weighted by Crippen LogP contribution is -2.73. The average molecular weight is 755 g/mol. The Hall–Kier alpha value is -7.11. The second kappa shape index (κ2) is 17.8. The summed E-state index contributed by atoms with van der Waals surface area (Å²) in [6.07, 6.45) is 8.94. The molecule has 8 rings (SSSR count). The van der Waals surface area contributed by atoms with Crippen LogP contribution in [0, 0.1) is 25.7 Å². The molecule has 1 atom stereocenters. The minimum absolute atomic E-state index is 0.0140. The minimum Gasteiger partial charge on any atom is -0.508 e. The molecule has 0 bridgehead atoms. The molecule has 4 amide bonds. The first kappa shape index (κ1) is 38.6. The molecular formula is C42H39FN8O5. The topological polar surface area (TPSA) is 148 Å². The number of carbonyl (C=O) groups excluding carboxylic acids is 3. The Labute approximate surface area is 322 Å². The number of aromatic hydroxyl groups is 1. The first-order valence-corrected chi connectivity index (χ1v) is 17.6. The summed E-state index contributed by atoms with van der Waals surface area (Å²) in [6, 6.07) is 31.6. The lowest BCUT2D eigenvalue weighted by Gasteiger charge is -2.52. The molecule has 2 aliphatic heterocycles. The number of hydrogen-bond acceptors (Lipinski definition) is 9. The number of piperazine rings is 1. The summed E-state index contributed by atoms with van der Waals surface area (Å²) >= 11 is 0. The fourth-order valence-electron chi connectivity index (χ4n) is 6.42. The number of rotatable bonds is 7. The van der Waals surface area contributed by atoms with Gasteiger partial charge in [0.1, 0.15) is 24.2 Å². The van der Waals surface area contributed by atoms with Crippen molar-refractivity contribution in [3.8, 4) is 30.0 Å². The van der Waals surface area contributed by atoms with Crippen LogP contribution in [-0.4, -0.2) is 83.7 Å². The molecule has 3 aromatic heterocycles. The number of halogens is 1. The first-order valence-electron chi connectivity index (χ1n) is 17.6. The van der Waals surface area contributed by atoms with Crippen LogP contribution < -0.4 is 5.32 Å². The number of phenolic OH excluding ortho intramolecular Hbond substituents is 1. The van der Waals surface area contributed by atoms with Crippen molar-refractivity contribution in [2.45, 2.75) is 32.7 Å². The van der Waals surface area contributed by atoms with Crippen molar-refractivity contribution in [3.05, 3.63) is 144 Å². The number of carbonyl (C=O) groups is 3. The number of aromatic nitrogens is 3. The molecule has 14 heteroatoms. The molecule has 2 N–H and O–H groups in total. The highest BCUT2D eigenvalue weighted by Gasteiger charge is 2.47. The first-order chi connectivity index (χ1) is 27.2. The molecule has 13 nitrogen and oxygen atoms in total. The third-order valence-electron chi connectivity index (χ3n) is 9.13. The number of fused-ring (bicyclic) bond motifs is 2. The van der Waals surface area contributed by atoms with Gasteiger partial charge in [-0.3, -0.25) is 14.6 Å². The van der Waals surface area contributed by atoms with Gasteiger partial charge in [0.2, 0.25) is 17.8 Å². The summed E-state index contributed by atoms with van der Waals surface area (Å²) in [7, 11) is 0. The van der Waals surface area contributed by atoms with Gasteiger partial charge < -0.3 is 24.7 Å². The Bertz CT molecular complexity index is 2290. The van der Waals surface area contributed by atoms with E-state index in [9.17, 15) is 18.8 Å². The molecule has 5 heterocycles. The second-order valence-electron chi connectivity index (χ2n) is 12.9. The normalized spacial score (nSPS) is 15.3. The summed E-state index contributed by atoms with van der Waals surface area (Å²) in [5.74, 6) is -0.496.